The Balaban J connectivity index is 1.82. The van der Waals surface area contributed by atoms with E-state index in [1.54, 1.807) is 11.3 Å². The number of ether oxygens (including phenoxy) is 1. The van der Waals surface area contributed by atoms with Crippen LogP contribution in [0.15, 0.2) is 34.8 Å². The Hall–Kier alpha value is -0.510. The number of fused-ring (bicyclic) bond motifs is 1. The van der Waals surface area contributed by atoms with Crippen molar-refractivity contribution in [3.05, 3.63) is 50.1 Å². The zero-order valence-electron chi connectivity index (χ0n) is 9.82. The molecule has 1 aromatic heterocycles. The molecule has 4 heteroatoms. The van der Waals surface area contributed by atoms with Crippen LogP contribution in [0.25, 0.3) is 0 Å². The van der Waals surface area contributed by atoms with Crippen molar-refractivity contribution in [3.63, 3.8) is 0 Å². The number of thiophene rings is 1. The largest absolute Gasteiger partial charge is 0.488 e. The molecule has 1 aliphatic rings. The molecule has 94 valence electrons. The van der Waals surface area contributed by atoms with Gasteiger partial charge in [0.15, 0.2) is 0 Å². The Labute approximate surface area is 124 Å². The van der Waals surface area contributed by atoms with Gasteiger partial charge in [-0.1, -0.05) is 18.2 Å². The lowest BCUT2D eigenvalue weighted by molar-refractivity contribution is 0.228. The molecule has 1 aliphatic heterocycles. The van der Waals surface area contributed by atoms with Gasteiger partial charge in [-0.3, -0.25) is 0 Å². The van der Waals surface area contributed by atoms with Crippen molar-refractivity contribution in [3.8, 4) is 5.75 Å². The van der Waals surface area contributed by atoms with Gasteiger partial charge in [-0.15, -0.1) is 22.9 Å². The summed E-state index contributed by atoms with van der Waals surface area (Å²) < 4.78 is 7.06. The van der Waals surface area contributed by atoms with Crippen molar-refractivity contribution in [2.24, 2.45) is 0 Å². The summed E-state index contributed by atoms with van der Waals surface area (Å²) in [5.41, 5.74) is 1.25. The summed E-state index contributed by atoms with van der Waals surface area (Å²) in [5, 5.41) is -0.0904. The fourth-order valence-electron chi connectivity index (χ4n) is 2.17. The van der Waals surface area contributed by atoms with Crippen LogP contribution in [-0.4, -0.2) is 6.10 Å². The molecule has 0 N–H and O–H groups in total. The molecule has 1 aromatic carbocycles. The van der Waals surface area contributed by atoms with E-state index in [0.717, 1.165) is 16.6 Å². The lowest BCUT2D eigenvalue weighted by Crippen LogP contribution is -2.18. The van der Waals surface area contributed by atoms with E-state index in [9.17, 15) is 0 Å². The molecule has 18 heavy (non-hydrogen) atoms. The third-order valence-corrected chi connectivity index (χ3v) is 6.01. The molecular weight excluding hydrogens is 332 g/mol. The second-order valence-electron chi connectivity index (χ2n) is 4.42. The van der Waals surface area contributed by atoms with Crippen LogP contribution >= 0.6 is 38.9 Å². The van der Waals surface area contributed by atoms with Crippen LogP contribution in [0.2, 0.25) is 0 Å². The average Bonchev–Trinajstić information content (AvgIpc) is 2.93. The maximum absolute atomic E-state index is 6.55. The van der Waals surface area contributed by atoms with E-state index >= 15 is 0 Å². The molecule has 0 saturated heterocycles. The van der Waals surface area contributed by atoms with Gasteiger partial charge < -0.3 is 4.74 Å². The van der Waals surface area contributed by atoms with Gasteiger partial charge in [-0.05, 0) is 40.5 Å². The lowest BCUT2D eigenvalue weighted by atomic mass is 10.1. The highest BCUT2D eigenvalue weighted by atomic mass is 79.9. The molecule has 0 bridgehead atoms. The second kappa shape index (κ2) is 4.87. The molecule has 2 unspecified atom stereocenters. The minimum absolute atomic E-state index is 0.0361. The minimum atomic E-state index is -0.0904. The zero-order valence-corrected chi connectivity index (χ0v) is 13.0. The Morgan fingerprint density at radius 3 is 2.89 bits per heavy atom. The van der Waals surface area contributed by atoms with Gasteiger partial charge in [-0.25, -0.2) is 0 Å². The molecule has 0 saturated carbocycles. The molecule has 0 fully saturated rings. The summed E-state index contributed by atoms with van der Waals surface area (Å²) in [6.07, 6.45) is 0.924. The first-order chi connectivity index (χ1) is 8.65. The van der Waals surface area contributed by atoms with E-state index in [1.165, 1.54) is 15.3 Å². The number of rotatable bonds is 2. The van der Waals surface area contributed by atoms with Gasteiger partial charge in [0.2, 0.25) is 0 Å². The normalized spacial score (nSPS) is 19.4. The van der Waals surface area contributed by atoms with Crippen molar-refractivity contribution in [1.82, 2.24) is 0 Å². The predicted molar refractivity (Wildman–Crippen MR) is 79.9 cm³/mol. The monoisotopic (exact) mass is 342 g/mol. The van der Waals surface area contributed by atoms with Crippen molar-refractivity contribution in [1.29, 1.82) is 0 Å². The highest BCUT2D eigenvalue weighted by molar-refractivity contribution is 9.10. The van der Waals surface area contributed by atoms with Gasteiger partial charge >= 0.3 is 0 Å². The summed E-state index contributed by atoms with van der Waals surface area (Å²) in [5.74, 6) is 0.973. The van der Waals surface area contributed by atoms with Gasteiger partial charge in [0.1, 0.15) is 17.2 Å². The number of para-hydroxylation sites is 1. The molecule has 0 aliphatic carbocycles. The standard InChI is InChI=1S/C14H12BrClOS/c1-8-10(15)7-13(18-8)14(16)12-6-9-4-2-3-5-11(9)17-12/h2-5,7,12,14H,6H2,1H3. The molecule has 0 spiro atoms. The SMILES string of the molecule is Cc1sc(C(Cl)C2Cc3ccccc3O2)cc1Br. The van der Waals surface area contributed by atoms with Crippen molar-refractivity contribution in [2.75, 3.05) is 0 Å². The van der Waals surface area contributed by atoms with E-state index in [0.29, 0.717) is 0 Å². The molecule has 0 amide bonds. The van der Waals surface area contributed by atoms with E-state index in [4.69, 9.17) is 16.3 Å². The van der Waals surface area contributed by atoms with Crippen LogP contribution in [-0.2, 0) is 6.42 Å². The van der Waals surface area contributed by atoms with Crippen molar-refractivity contribution >= 4 is 38.9 Å². The Bertz CT molecular complexity index is 536. The smallest absolute Gasteiger partial charge is 0.124 e. The summed E-state index contributed by atoms with van der Waals surface area (Å²) in [6.45, 7) is 2.09. The number of halogens is 2. The van der Waals surface area contributed by atoms with Crippen LogP contribution in [0.4, 0.5) is 0 Å². The Morgan fingerprint density at radius 1 is 1.44 bits per heavy atom. The van der Waals surface area contributed by atoms with Crippen LogP contribution in [0.5, 0.6) is 5.75 Å². The molecule has 3 rings (SSSR count). The molecule has 2 aromatic rings. The molecular formula is C14H12BrClOS. The van der Waals surface area contributed by atoms with Crippen molar-refractivity contribution < 1.29 is 4.74 Å². The lowest BCUT2D eigenvalue weighted by Gasteiger charge is -2.15. The number of aryl methyl sites for hydroxylation is 1. The van der Waals surface area contributed by atoms with Gasteiger partial charge in [0.25, 0.3) is 0 Å². The zero-order chi connectivity index (χ0) is 12.7. The first-order valence-electron chi connectivity index (χ1n) is 5.79. The van der Waals surface area contributed by atoms with E-state index in [1.807, 2.05) is 18.2 Å². The molecule has 2 heterocycles. The van der Waals surface area contributed by atoms with Gasteiger partial charge in [0.05, 0.1) is 0 Å². The Kier molecular flexibility index (Phi) is 3.39. The van der Waals surface area contributed by atoms with Gasteiger partial charge in [0, 0.05) is 20.6 Å². The number of alkyl halides is 1. The van der Waals surface area contributed by atoms with Crippen LogP contribution < -0.4 is 4.74 Å². The number of hydrogen-bond donors (Lipinski definition) is 0. The van der Waals surface area contributed by atoms with Crippen LogP contribution in [0, 0.1) is 6.92 Å². The fraction of sp³-hybridized carbons (Fsp3) is 0.286. The minimum Gasteiger partial charge on any atom is -0.488 e. The highest BCUT2D eigenvalue weighted by Crippen LogP contribution is 2.41. The average molecular weight is 344 g/mol. The highest BCUT2D eigenvalue weighted by Gasteiger charge is 2.31. The summed E-state index contributed by atoms with van der Waals surface area (Å²) >= 11 is 11.8. The molecule has 1 nitrogen and oxygen atoms in total. The van der Waals surface area contributed by atoms with E-state index in [-0.39, 0.29) is 11.5 Å². The summed E-state index contributed by atoms with van der Waals surface area (Å²) in [7, 11) is 0. The van der Waals surface area contributed by atoms with E-state index < -0.39 is 0 Å². The topological polar surface area (TPSA) is 9.23 Å². The molecule has 0 radical (unpaired) electrons. The number of benzene rings is 1. The van der Waals surface area contributed by atoms with Crippen LogP contribution in [0.1, 0.15) is 20.7 Å². The quantitative estimate of drug-likeness (QED) is 0.689. The second-order valence-corrected chi connectivity index (χ2v) is 7.04. The maximum atomic E-state index is 6.55. The third-order valence-electron chi connectivity index (χ3n) is 3.15. The van der Waals surface area contributed by atoms with Crippen LogP contribution in [0.3, 0.4) is 0 Å². The first-order valence-corrected chi connectivity index (χ1v) is 7.84. The van der Waals surface area contributed by atoms with E-state index in [2.05, 4.69) is 35.0 Å². The number of hydrogen-bond acceptors (Lipinski definition) is 2. The fourth-order valence-corrected chi connectivity index (χ4v) is 4.10. The first kappa shape index (κ1) is 12.5. The van der Waals surface area contributed by atoms with Crippen molar-refractivity contribution in [2.45, 2.75) is 24.8 Å². The predicted octanol–water partition coefficient (Wildman–Crippen LogP) is 5.10. The summed E-state index contributed by atoms with van der Waals surface area (Å²) in [4.78, 5) is 2.42. The maximum Gasteiger partial charge on any atom is 0.124 e. The third kappa shape index (κ3) is 2.20. The molecule has 2 atom stereocenters. The van der Waals surface area contributed by atoms with Gasteiger partial charge in [-0.2, -0.15) is 0 Å². The Morgan fingerprint density at radius 2 is 2.22 bits per heavy atom. The summed E-state index contributed by atoms with van der Waals surface area (Å²) in [6, 6.07) is 10.3.